The predicted molar refractivity (Wildman–Crippen MR) is 71.6 cm³/mol. The molecule has 0 aromatic heterocycles. The quantitative estimate of drug-likeness (QED) is 0.802. The fourth-order valence-corrected chi connectivity index (χ4v) is 2.45. The number of carbonyl (C=O) groups is 1. The van der Waals surface area contributed by atoms with Crippen LogP contribution in [0.1, 0.15) is 52.9 Å². The maximum absolute atomic E-state index is 12.0. The molecule has 1 heterocycles. The first kappa shape index (κ1) is 14.5. The van der Waals surface area contributed by atoms with E-state index in [1.54, 1.807) is 0 Å². The van der Waals surface area contributed by atoms with Gasteiger partial charge in [0.2, 0.25) is 5.91 Å². The van der Waals surface area contributed by atoms with E-state index in [1.165, 1.54) is 12.8 Å². The highest BCUT2D eigenvalue weighted by atomic mass is 16.2. The van der Waals surface area contributed by atoms with Gasteiger partial charge in [-0.3, -0.25) is 4.79 Å². The number of likely N-dealkylation sites (tertiary alicyclic amines) is 1. The van der Waals surface area contributed by atoms with Crippen molar-refractivity contribution in [1.29, 1.82) is 0 Å². The summed E-state index contributed by atoms with van der Waals surface area (Å²) in [5.74, 6) is 1.49. The molecule has 0 bridgehead atoms. The Bertz CT molecular complexity index is 240. The third-order valence-electron chi connectivity index (χ3n) is 3.91. The van der Waals surface area contributed by atoms with Crippen molar-refractivity contribution in [2.75, 3.05) is 13.1 Å². The highest BCUT2D eigenvalue weighted by molar-refractivity contribution is 5.76. The van der Waals surface area contributed by atoms with Gasteiger partial charge in [-0.2, -0.15) is 0 Å². The second-order valence-corrected chi connectivity index (χ2v) is 5.73. The van der Waals surface area contributed by atoms with Crippen molar-refractivity contribution >= 4 is 5.91 Å². The van der Waals surface area contributed by atoms with Crippen molar-refractivity contribution in [3.63, 3.8) is 0 Å². The maximum Gasteiger partial charge on any atom is 0.222 e. The molecular weight excluding hydrogens is 212 g/mol. The molecule has 1 aliphatic heterocycles. The molecule has 2 unspecified atom stereocenters. The third-order valence-corrected chi connectivity index (χ3v) is 3.91. The van der Waals surface area contributed by atoms with Crippen LogP contribution in [0.25, 0.3) is 0 Å². The van der Waals surface area contributed by atoms with Crippen LogP contribution in [0.5, 0.6) is 0 Å². The molecule has 100 valence electrons. The van der Waals surface area contributed by atoms with Crippen LogP contribution in [-0.4, -0.2) is 29.9 Å². The fourth-order valence-electron chi connectivity index (χ4n) is 2.45. The van der Waals surface area contributed by atoms with Gasteiger partial charge in [-0.05, 0) is 24.7 Å². The molecule has 0 saturated carbocycles. The summed E-state index contributed by atoms with van der Waals surface area (Å²) in [7, 11) is 0. The van der Waals surface area contributed by atoms with Gasteiger partial charge in [0.05, 0.1) is 0 Å². The number of carbonyl (C=O) groups excluding carboxylic acids is 1. The Kier molecular flexibility index (Phi) is 5.96. The molecule has 0 aromatic rings. The summed E-state index contributed by atoms with van der Waals surface area (Å²) < 4.78 is 0. The van der Waals surface area contributed by atoms with Crippen molar-refractivity contribution < 1.29 is 4.79 Å². The normalized spacial score (nSPS) is 23.9. The number of rotatable bonds is 5. The summed E-state index contributed by atoms with van der Waals surface area (Å²) in [5.41, 5.74) is 6.06. The molecule has 3 heteroatoms. The van der Waals surface area contributed by atoms with Gasteiger partial charge >= 0.3 is 0 Å². The van der Waals surface area contributed by atoms with Gasteiger partial charge < -0.3 is 10.6 Å². The highest BCUT2D eigenvalue weighted by Crippen LogP contribution is 2.22. The lowest BCUT2D eigenvalue weighted by molar-refractivity contribution is -0.131. The van der Waals surface area contributed by atoms with E-state index in [-0.39, 0.29) is 6.04 Å². The molecule has 1 fully saturated rings. The Morgan fingerprint density at radius 3 is 2.71 bits per heavy atom. The van der Waals surface area contributed by atoms with Gasteiger partial charge in [0.25, 0.3) is 0 Å². The zero-order valence-electron chi connectivity index (χ0n) is 11.6. The number of nitrogens with zero attached hydrogens (tertiary/aromatic N) is 1. The minimum absolute atomic E-state index is 0.113. The molecule has 2 N–H and O–H groups in total. The van der Waals surface area contributed by atoms with Crippen LogP contribution in [0.15, 0.2) is 0 Å². The summed E-state index contributed by atoms with van der Waals surface area (Å²) in [6.07, 6.45) is 5.43. The molecule has 17 heavy (non-hydrogen) atoms. The SMILES string of the molecule is CCCC1CCC(=O)N(CC(N)C(C)C)CC1. The Labute approximate surface area is 106 Å². The minimum atomic E-state index is 0.113. The molecule has 1 amide bonds. The van der Waals surface area contributed by atoms with Crippen molar-refractivity contribution in [3.05, 3.63) is 0 Å². The summed E-state index contributed by atoms with van der Waals surface area (Å²) in [6, 6.07) is 0.113. The Morgan fingerprint density at radius 2 is 2.12 bits per heavy atom. The van der Waals surface area contributed by atoms with Crippen LogP contribution < -0.4 is 5.73 Å². The van der Waals surface area contributed by atoms with E-state index >= 15 is 0 Å². The van der Waals surface area contributed by atoms with Crippen LogP contribution in [0.4, 0.5) is 0 Å². The van der Waals surface area contributed by atoms with Crippen molar-refractivity contribution in [3.8, 4) is 0 Å². The van der Waals surface area contributed by atoms with E-state index in [1.807, 2.05) is 4.90 Å². The number of nitrogens with two attached hydrogens (primary N) is 1. The lowest BCUT2D eigenvalue weighted by atomic mass is 9.96. The molecule has 3 nitrogen and oxygen atoms in total. The number of amides is 1. The highest BCUT2D eigenvalue weighted by Gasteiger charge is 2.23. The molecule has 1 aliphatic rings. The number of hydrogen-bond donors (Lipinski definition) is 1. The second-order valence-electron chi connectivity index (χ2n) is 5.73. The lowest BCUT2D eigenvalue weighted by Gasteiger charge is -2.26. The van der Waals surface area contributed by atoms with E-state index in [0.717, 1.165) is 38.3 Å². The monoisotopic (exact) mass is 240 g/mol. The number of hydrogen-bond acceptors (Lipinski definition) is 2. The van der Waals surface area contributed by atoms with Crippen LogP contribution in [0.3, 0.4) is 0 Å². The molecule has 0 spiro atoms. The van der Waals surface area contributed by atoms with Gasteiger partial charge in [0.15, 0.2) is 0 Å². The summed E-state index contributed by atoms with van der Waals surface area (Å²) in [6.45, 7) is 8.10. The maximum atomic E-state index is 12.0. The standard InChI is InChI=1S/C14H28N2O/c1-4-5-12-6-7-14(17)16(9-8-12)10-13(15)11(2)3/h11-13H,4-10,15H2,1-3H3. The summed E-state index contributed by atoms with van der Waals surface area (Å²) >= 11 is 0. The zero-order chi connectivity index (χ0) is 12.8. The zero-order valence-corrected chi connectivity index (χ0v) is 11.6. The van der Waals surface area contributed by atoms with Gasteiger partial charge in [-0.25, -0.2) is 0 Å². The largest absolute Gasteiger partial charge is 0.341 e. The van der Waals surface area contributed by atoms with E-state index < -0.39 is 0 Å². The molecule has 0 radical (unpaired) electrons. The fraction of sp³-hybridized carbons (Fsp3) is 0.929. The average Bonchev–Trinajstić information content (AvgIpc) is 2.44. The molecule has 2 atom stereocenters. The van der Waals surface area contributed by atoms with Crippen molar-refractivity contribution in [1.82, 2.24) is 4.90 Å². The lowest BCUT2D eigenvalue weighted by Crippen LogP contribution is -2.43. The topological polar surface area (TPSA) is 46.3 Å². The van der Waals surface area contributed by atoms with Crippen LogP contribution >= 0.6 is 0 Å². The molecule has 1 saturated heterocycles. The molecule has 0 aromatic carbocycles. The minimum Gasteiger partial charge on any atom is -0.341 e. The van der Waals surface area contributed by atoms with E-state index in [0.29, 0.717) is 11.8 Å². The van der Waals surface area contributed by atoms with E-state index in [9.17, 15) is 4.79 Å². The van der Waals surface area contributed by atoms with Crippen LogP contribution in [-0.2, 0) is 4.79 Å². The Morgan fingerprint density at radius 1 is 1.41 bits per heavy atom. The Hall–Kier alpha value is -0.570. The molecule has 0 aliphatic carbocycles. The first-order valence-corrected chi connectivity index (χ1v) is 7.08. The van der Waals surface area contributed by atoms with Crippen molar-refractivity contribution in [2.45, 2.75) is 58.9 Å². The van der Waals surface area contributed by atoms with Gasteiger partial charge in [-0.1, -0.05) is 33.6 Å². The first-order valence-electron chi connectivity index (χ1n) is 7.08. The van der Waals surface area contributed by atoms with E-state index in [4.69, 9.17) is 5.73 Å². The van der Waals surface area contributed by atoms with E-state index in [2.05, 4.69) is 20.8 Å². The van der Waals surface area contributed by atoms with Gasteiger partial charge in [0.1, 0.15) is 0 Å². The van der Waals surface area contributed by atoms with Gasteiger partial charge in [-0.15, -0.1) is 0 Å². The Balaban J connectivity index is 2.47. The molecule has 1 rings (SSSR count). The summed E-state index contributed by atoms with van der Waals surface area (Å²) in [4.78, 5) is 14.0. The van der Waals surface area contributed by atoms with Crippen LogP contribution in [0, 0.1) is 11.8 Å². The molecular formula is C14H28N2O. The second kappa shape index (κ2) is 7.00. The van der Waals surface area contributed by atoms with Gasteiger partial charge in [0, 0.05) is 25.6 Å². The first-order chi connectivity index (χ1) is 8.04. The summed E-state index contributed by atoms with van der Waals surface area (Å²) in [5, 5.41) is 0. The van der Waals surface area contributed by atoms with Crippen LogP contribution in [0.2, 0.25) is 0 Å². The van der Waals surface area contributed by atoms with Crippen molar-refractivity contribution in [2.24, 2.45) is 17.6 Å². The average molecular weight is 240 g/mol. The smallest absolute Gasteiger partial charge is 0.222 e. The predicted octanol–water partition coefficient (Wildman–Crippen LogP) is 2.40. The third kappa shape index (κ3) is 4.66.